The molecule has 4 heteroatoms. The van der Waals surface area contributed by atoms with E-state index in [9.17, 15) is 4.79 Å². The number of hydrogen-bond acceptors (Lipinski definition) is 3. The van der Waals surface area contributed by atoms with E-state index in [4.69, 9.17) is 9.47 Å². The highest BCUT2D eigenvalue weighted by molar-refractivity contribution is 5.97. The molecule has 2 aromatic carbocycles. The zero-order valence-corrected chi connectivity index (χ0v) is 15.9. The van der Waals surface area contributed by atoms with Crippen LogP contribution in [0.1, 0.15) is 38.2 Å². The predicted molar refractivity (Wildman–Crippen MR) is 108 cm³/mol. The molecule has 4 nitrogen and oxygen atoms in total. The molecule has 1 amide bonds. The maximum absolute atomic E-state index is 12.8. The van der Waals surface area contributed by atoms with Crippen LogP contribution in [0.25, 0.3) is 16.3 Å². The van der Waals surface area contributed by atoms with E-state index in [1.54, 1.807) is 0 Å². The van der Waals surface area contributed by atoms with E-state index >= 15 is 0 Å². The van der Waals surface area contributed by atoms with Crippen molar-refractivity contribution in [1.82, 2.24) is 4.90 Å². The van der Waals surface area contributed by atoms with Crippen molar-refractivity contribution in [2.75, 3.05) is 26.3 Å². The molecule has 1 saturated heterocycles. The van der Waals surface area contributed by atoms with Gasteiger partial charge in [0, 0.05) is 18.7 Å². The van der Waals surface area contributed by atoms with E-state index in [0.29, 0.717) is 6.61 Å². The quantitative estimate of drug-likeness (QED) is 0.805. The monoisotopic (exact) mass is 365 g/mol. The zero-order chi connectivity index (χ0) is 18.6. The molecule has 27 heavy (non-hydrogen) atoms. The van der Waals surface area contributed by atoms with Crippen LogP contribution in [0.4, 0.5) is 0 Å². The van der Waals surface area contributed by atoms with Gasteiger partial charge in [-0.15, -0.1) is 0 Å². The molecule has 0 bridgehead atoms. The minimum Gasteiger partial charge on any atom is -0.480 e. The first-order valence-electron chi connectivity index (χ1n) is 9.98. The van der Waals surface area contributed by atoms with Gasteiger partial charge in [-0.2, -0.15) is 0 Å². The van der Waals surface area contributed by atoms with Crippen LogP contribution in [0, 0.1) is 0 Å². The number of piperidine rings is 1. The topological polar surface area (TPSA) is 38.8 Å². The molecule has 0 aromatic heterocycles. The smallest absolute Gasteiger partial charge is 0.263 e. The number of likely N-dealkylation sites (tertiary alicyclic amines) is 1. The fraction of sp³-hybridized carbons (Fsp3) is 0.435. The first-order valence-corrected chi connectivity index (χ1v) is 9.98. The van der Waals surface area contributed by atoms with Gasteiger partial charge in [0.1, 0.15) is 5.75 Å². The Hall–Kier alpha value is -2.33. The third kappa shape index (κ3) is 3.86. The average molecular weight is 365 g/mol. The van der Waals surface area contributed by atoms with Gasteiger partial charge in [-0.3, -0.25) is 4.79 Å². The Bertz CT molecular complexity index is 852. The summed E-state index contributed by atoms with van der Waals surface area (Å²) in [5.41, 5.74) is 2.35. The Balaban J connectivity index is 1.66. The van der Waals surface area contributed by atoms with E-state index in [1.165, 1.54) is 22.8 Å². The first-order chi connectivity index (χ1) is 13.2. The van der Waals surface area contributed by atoms with Crippen molar-refractivity contribution in [3.63, 3.8) is 0 Å². The number of benzene rings is 2. The summed E-state index contributed by atoms with van der Waals surface area (Å²) in [6.45, 7) is 4.91. The van der Waals surface area contributed by atoms with Crippen LogP contribution in [-0.2, 0) is 9.53 Å². The fourth-order valence-electron chi connectivity index (χ4n) is 4.05. The average Bonchev–Trinajstić information content (AvgIpc) is 2.74. The minimum atomic E-state index is -0.483. The van der Waals surface area contributed by atoms with Crippen LogP contribution in [-0.4, -0.2) is 43.2 Å². The molecule has 2 aliphatic heterocycles. The Labute approximate surface area is 160 Å². The van der Waals surface area contributed by atoms with Crippen molar-refractivity contribution in [2.45, 2.75) is 38.7 Å². The highest BCUT2D eigenvalue weighted by Gasteiger charge is 2.25. The summed E-state index contributed by atoms with van der Waals surface area (Å²) < 4.78 is 11.7. The Morgan fingerprint density at radius 3 is 2.70 bits per heavy atom. The summed E-state index contributed by atoms with van der Waals surface area (Å²) in [5.74, 6) is 0.884. The van der Waals surface area contributed by atoms with Gasteiger partial charge in [-0.1, -0.05) is 36.4 Å². The standard InChI is InChI=1S/C23H27NO3/c1-17(23(25)24-13-5-2-6-14-24)27-21-10-9-18-7-3-4-8-20(18)22(21)19-11-15-26-16-12-19/h3-4,7-11,17H,2,5-6,12-16H2,1H3. The summed E-state index contributed by atoms with van der Waals surface area (Å²) in [6.07, 6.45) is 5.90. The van der Waals surface area contributed by atoms with Crippen LogP contribution >= 0.6 is 0 Å². The molecule has 4 rings (SSSR count). The molecule has 2 aliphatic rings. The van der Waals surface area contributed by atoms with Gasteiger partial charge in [-0.05, 0) is 55.0 Å². The Morgan fingerprint density at radius 1 is 1.11 bits per heavy atom. The zero-order valence-electron chi connectivity index (χ0n) is 15.9. The summed E-state index contributed by atoms with van der Waals surface area (Å²) in [6, 6.07) is 12.4. The van der Waals surface area contributed by atoms with Gasteiger partial charge in [0.25, 0.3) is 5.91 Å². The summed E-state index contributed by atoms with van der Waals surface area (Å²) in [5, 5.41) is 2.35. The van der Waals surface area contributed by atoms with Crippen LogP contribution in [0.15, 0.2) is 42.5 Å². The van der Waals surface area contributed by atoms with Crippen LogP contribution < -0.4 is 4.74 Å². The Morgan fingerprint density at radius 2 is 1.93 bits per heavy atom. The summed E-state index contributed by atoms with van der Waals surface area (Å²) in [4.78, 5) is 14.8. The predicted octanol–water partition coefficient (Wildman–Crippen LogP) is 4.42. The molecule has 142 valence electrons. The number of nitrogens with zero attached hydrogens (tertiary/aromatic N) is 1. The second-order valence-corrected chi connectivity index (χ2v) is 7.36. The molecule has 1 unspecified atom stereocenters. The van der Waals surface area contributed by atoms with E-state index < -0.39 is 6.10 Å². The van der Waals surface area contributed by atoms with E-state index in [-0.39, 0.29) is 5.91 Å². The van der Waals surface area contributed by atoms with Gasteiger partial charge in [0.15, 0.2) is 6.10 Å². The lowest BCUT2D eigenvalue weighted by Gasteiger charge is -2.30. The SMILES string of the molecule is CC(Oc1ccc2ccccc2c1C1=CCOCC1)C(=O)N1CCCCC1. The number of hydrogen-bond donors (Lipinski definition) is 0. The van der Waals surface area contributed by atoms with E-state index in [2.05, 4.69) is 30.3 Å². The number of carbonyl (C=O) groups is 1. The minimum absolute atomic E-state index is 0.0924. The van der Waals surface area contributed by atoms with Crippen molar-refractivity contribution in [2.24, 2.45) is 0 Å². The number of rotatable bonds is 4. The molecule has 2 aromatic rings. The van der Waals surface area contributed by atoms with Gasteiger partial charge >= 0.3 is 0 Å². The second kappa shape index (κ2) is 8.13. The molecular weight excluding hydrogens is 338 g/mol. The molecule has 0 saturated carbocycles. The van der Waals surface area contributed by atoms with Crippen molar-refractivity contribution in [1.29, 1.82) is 0 Å². The van der Waals surface area contributed by atoms with Gasteiger partial charge < -0.3 is 14.4 Å². The Kier molecular flexibility index (Phi) is 5.44. The lowest BCUT2D eigenvalue weighted by molar-refractivity contribution is -0.138. The van der Waals surface area contributed by atoms with Crippen molar-refractivity contribution < 1.29 is 14.3 Å². The number of ether oxygens (including phenoxy) is 2. The third-order valence-electron chi connectivity index (χ3n) is 5.49. The van der Waals surface area contributed by atoms with Crippen molar-refractivity contribution in [3.8, 4) is 5.75 Å². The van der Waals surface area contributed by atoms with Crippen molar-refractivity contribution >= 4 is 22.3 Å². The third-order valence-corrected chi connectivity index (χ3v) is 5.49. The maximum atomic E-state index is 12.8. The van der Waals surface area contributed by atoms with Crippen molar-refractivity contribution in [3.05, 3.63) is 48.0 Å². The molecule has 2 heterocycles. The number of amides is 1. The normalized spacial score (nSPS) is 18.9. The van der Waals surface area contributed by atoms with Crippen LogP contribution in [0.3, 0.4) is 0 Å². The molecule has 1 atom stereocenters. The van der Waals surface area contributed by atoms with Gasteiger partial charge in [-0.25, -0.2) is 0 Å². The second-order valence-electron chi connectivity index (χ2n) is 7.36. The molecule has 0 N–H and O–H groups in total. The number of fused-ring (bicyclic) bond motifs is 1. The largest absolute Gasteiger partial charge is 0.480 e. The van der Waals surface area contributed by atoms with Crippen LogP contribution in [0.5, 0.6) is 5.75 Å². The molecule has 1 fully saturated rings. The molecule has 0 spiro atoms. The lowest BCUT2D eigenvalue weighted by Crippen LogP contribution is -2.43. The highest BCUT2D eigenvalue weighted by Crippen LogP contribution is 2.37. The van der Waals surface area contributed by atoms with E-state index in [1.807, 2.05) is 24.0 Å². The fourth-order valence-corrected chi connectivity index (χ4v) is 4.05. The number of carbonyl (C=O) groups excluding carboxylic acids is 1. The summed E-state index contributed by atoms with van der Waals surface area (Å²) in [7, 11) is 0. The first kappa shape index (κ1) is 18.1. The molecular formula is C23H27NO3. The molecule has 0 radical (unpaired) electrons. The highest BCUT2D eigenvalue weighted by atomic mass is 16.5. The summed E-state index contributed by atoms with van der Waals surface area (Å²) >= 11 is 0. The van der Waals surface area contributed by atoms with Gasteiger partial charge in [0.2, 0.25) is 0 Å². The van der Waals surface area contributed by atoms with Crippen LogP contribution in [0.2, 0.25) is 0 Å². The van der Waals surface area contributed by atoms with Gasteiger partial charge in [0.05, 0.1) is 13.2 Å². The van der Waals surface area contributed by atoms with E-state index in [0.717, 1.165) is 50.3 Å². The maximum Gasteiger partial charge on any atom is 0.263 e. The lowest BCUT2D eigenvalue weighted by atomic mass is 9.94. The molecule has 0 aliphatic carbocycles.